The Balaban J connectivity index is 1.63. The molecule has 1 heterocycles. The number of rotatable bonds is 4. The molecule has 2 aromatic rings. The quantitative estimate of drug-likeness (QED) is 0.863. The van der Waals surface area contributed by atoms with Gasteiger partial charge < -0.3 is 5.32 Å². The molecule has 2 aromatic carbocycles. The maximum absolute atomic E-state index is 14.0. The van der Waals surface area contributed by atoms with Crippen LogP contribution in [-0.4, -0.2) is 37.8 Å². The fraction of sp³-hybridized carbons (Fsp3) is 0.278. The van der Waals surface area contributed by atoms with Crippen molar-refractivity contribution >= 4 is 27.5 Å². The van der Waals surface area contributed by atoms with Crippen molar-refractivity contribution in [2.24, 2.45) is 0 Å². The molecule has 3 rings (SSSR count). The second kappa shape index (κ2) is 7.73. The highest BCUT2D eigenvalue weighted by molar-refractivity contribution is 7.89. The van der Waals surface area contributed by atoms with Crippen molar-refractivity contribution in [2.45, 2.75) is 23.8 Å². The van der Waals surface area contributed by atoms with Crippen LogP contribution in [0.15, 0.2) is 53.4 Å². The Morgan fingerprint density at radius 2 is 1.77 bits per heavy atom. The number of nitrogens with zero attached hydrogens (tertiary/aromatic N) is 1. The Morgan fingerprint density at radius 3 is 2.38 bits per heavy atom. The SMILES string of the molecule is O=C(NC1CCN(S(=O)(=O)c2ccc(Cl)cc2F)CC1)c1ccccc1. The molecule has 8 heteroatoms. The predicted octanol–water partition coefficient (Wildman–Crippen LogP) is 3.06. The number of halogens is 2. The zero-order chi connectivity index (χ0) is 18.7. The molecule has 138 valence electrons. The van der Waals surface area contributed by atoms with Crippen molar-refractivity contribution in [3.63, 3.8) is 0 Å². The van der Waals surface area contributed by atoms with E-state index in [9.17, 15) is 17.6 Å². The van der Waals surface area contributed by atoms with E-state index >= 15 is 0 Å². The molecule has 1 N–H and O–H groups in total. The van der Waals surface area contributed by atoms with Crippen LogP contribution >= 0.6 is 11.6 Å². The minimum Gasteiger partial charge on any atom is -0.349 e. The summed E-state index contributed by atoms with van der Waals surface area (Å²) in [5.74, 6) is -1.05. The van der Waals surface area contributed by atoms with Gasteiger partial charge in [-0.3, -0.25) is 4.79 Å². The second-order valence-electron chi connectivity index (χ2n) is 6.09. The second-order valence-corrected chi connectivity index (χ2v) is 8.44. The lowest BCUT2D eigenvalue weighted by atomic mass is 10.1. The molecule has 0 aliphatic carbocycles. The van der Waals surface area contributed by atoms with E-state index in [1.54, 1.807) is 24.3 Å². The van der Waals surface area contributed by atoms with Crippen molar-refractivity contribution in [1.82, 2.24) is 9.62 Å². The molecular weight excluding hydrogens is 379 g/mol. The first-order valence-electron chi connectivity index (χ1n) is 8.19. The molecule has 0 atom stereocenters. The van der Waals surface area contributed by atoms with Crippen LogP contribution in [-0.2, 0) is 10.0 Å². The first kappa shape index (κ1) is 18.8. The highest BCUT2D eigenvalue weighted by atomic mass is 35.5. The molecule has 1 saturated heterocycles. The predicted molar refractivity (Wildman–Crippen MR) is 97.1 cm³/mol. The Labute approximate surface area is 156 Å². The first-order valence-corrected chi connectivity index (χ1v) is 10.0. The van der Waals surface area contributed by atoms with Crippen molar-refractivity contribution in [1.29, 1.82) is 0 Å². The Bertz CT molecular complexity index is 898. The van der Waals surface area contributed by atoms with E-state index in [4.69, 9.17) is 11.6 Å². The molecule has 0 saturated carbocycles. The summed E-state index contributed by atoms with van der Waals surface area (Å²) in [5, 5.41) is 3.06. The maximum atomic E-state index is 14.0. The fourth-order valence-corrected chi connectivity index (χ4v) is 4.60. The average molecular weight is 397 g/mol. The Kier molecular flexibility index (Phi) is 5.60. The number of carbonyl (C=O) groups excluding carboxylic acids is 1. The number of hydrogen-bond donors (Lipinski definition) is 1. The van der Waals surface area contributed by atoms with E-state index in [2.05, 4.69) is 5.32 Å². The van der Waals surface area contributed by atoms with Gasteiger partial charge in [0.05, 0.1) is 0 Å². The average Bonchev–Trinajstić information content (AvgIpc) is 2.62. The normalized spacial score (nSPS) is 16.4. The van der Waals surface area contributed by atoms with Crippen LogP contribution in [0, 0.1) is 5.82 Å². The van der Waals surface area contributed by atoms with Gasteiger partial charge in [-0.2, -0.15) is 4.31 Å². The number of carbonyl (C=O) groups is 1. The maximum Gasteiger partial charge on any atom is 0.251 e. The standard InChI is InChI=1S/C18H18ClFN2O3S/c19-14-6-7-17(16(20)12-14)26(24,25)22-10-8-15(9-11-22)21-18(23)13-4-2-1-3-5-13/h1-7,12,15H,8-11H2,(H,21,23). The number of nitrogens with one attached hydrogen (secondary N) is 1. The zero-order valence-electron chi connectivity index (χ0n) is 13.9. The van der Waals surface area contributed by atoms with Gasteiger partial charge in [0.25, 0.3) is 5.91 Å². The molecule has 26 heavy (non-hydrogen) atoms. The van der Waals surface area contributed by atoms with E-state index in [1.165, 1.54) is 16.4 Å². The molecule has 0 spiro atoms. The Morgan fingerprint density at radius 1 is 1.12 bits per heavy atom. The van der Waals surface area contributed by atoms with Crippen LogP contribution in [0.1, 0.15) is 23.2 Å². The topological polar surface area (TPSA) is 66.5 Å². The molecule has 1 aliphatic rings. The van der Waals surface area contributed by atoms with Crippen LogP contribution in [0.3, 0.4) is 0 Å². The van der Waals surface area contributed by atoms with Crippen molar-refractivity contribution < 1.29 is 17.6 Å². The van der Waals surface area contributed by atoms with Gasteiger partial charge in [-0.25, -0.2) is 12.8 Å². The third-order valence-electron chi connectivity index (χ3n) is 4.34. The van der Waals surface area contributed by atoms with E-state index in [0.29, 0.717) is 18.4 Å². The monoisotopic (exact) mass is 396 g/mol. The molecule has 0 bridgehead atoms. The van der Waals surface area contributed by atoms with Gasteiger partial charge in [0.1, 0.15) is 10.7 Å². The van der Waals surface area contributed by atoms with E-state index in [-0.39, 0.29) is 35.0 Å². The number of hydrogen-bond acceptors (Lipinski definition) is 3. The molecule has 5 nitrogen and oxygen atoms in total. The third-order valence-corrected chi connectivity index (χ3v) is 6.50. The highest BCUT2D eigenvalue weighted by Gasteiger charge is 2.31. The smallest absolute Gasteiger partial charge is 0.251 e. The summed E-state index contributed by atoms with van der Waals surface area (Å²) < 4.78 is 40.5. The van der Waals surface area contributed by atoms with Crippen LogP contribution in [0.4, 0.5) is 4.39 Å². The number of piperidine rings is 1. The van der Waals surface area contributed by atoms with Crippen molar-refractivity contribution in [3.8, 4) is 0 Å². The van der Waals surface area contributed by atoms with Crippen LogP contribution < -0.4 is 5.32 Å². The molecular formula is C18H18ClFN2O3S. The van der Waals surface area contributed by atoms with Gasteiger partial charge in [0.15, 0.2) is 0 Å². The molecule has 1 fully saturated rings. The largest absolute Gasteiger partial charge is 0.349 e. The lowest BCUT2D eigenvalue weighted by Crippen LogP contribution is -2.46. The van der Waals surface area contributed by atoms with Crippen LogP contribution in [0.5, 0.6) is 0 Å². The summed E-state index contributed by atoms with van der Waals surface area (Å²) in [6, 6.07) is 12.2. The summed E-state index contributed by atoms with van der Waals surface area (Å²) >= 11 is 5.68. The zero-order valence-corrected chi connectivity index (χ0v) is 15.4. The van der Waals surface area contributed by atoms with Gasteiger partial charge in [0, 0.05) is 29.7 Å². The van der Waals surface area contributed by atoms with Gasteiger partial charge in [-0.15, -0.1) is 0 Å². The number of amides is 1. The molecule has 1 amide bonds. The summed E-state index contributed by atoms with van der Waals surface area (Å²) in [5.41, 5.74) is 0.561. The molecule has 0 unspecified atom stereocenters. The van der Waals surface area contributed by atoms with Crippen LogP contribution in [0.2, 0.25) is 5.02 Å². The highest BCUT2D eigenvalue weighted by Crippen LogP contribution is 2.25. The van der Waals surface area contributed by atoms with Gasteiger partial charge in [-0.05, 0) is 43.2 Å². The van der Waals surface area contributed by atoms with Gasteiger partial charge >= 0.3 is 0 Å². The minimum atomic E-state index is -3.93. The van der Waals surface area contributed by atoms with Gasteiger partial charge in [0.2, 0.25) is 10.0 Å². The number of sulfonamides is 1. The first-order chi connectivity index (χ1) is 12.4. The summed E-state index contributed by atoms with van der Waals surface area (Å²) in [4.78, 5) is 11.8. The van der Waals surface area contributed by atoms with E-state index in [1.807, 2.05) is 6.07 Å². The van der Waals surface area contributed by atoms with Crippen LogP contribution in [0.25, 0.3) is 0 Å². The lowest BCUT2D eigenvalue weighted by Gasteiger charge is -2.31. The minimum absolute atomic E-state index is 0.121. The van der Waals surface area contributed by atoms with E-state index < -0.39 is 15.8 Å². The molecule has 0 radical (unpaired) electrons. The van der Waals surface area contributed by atoms with Crippen molar-refractivity contribution in [3.05, 3.63) is 64.9 Å². The lowest BCUT2D eigenvalue weighted by molar-refractivity contribution is 0.0924. The number of benzene rings is 2. The summed E-state index contributed by atoms with van der Waals surface area (Å²) in [6.45, 7) is 0.425. The fourth-order valence-electron chi connectivity index (χ4n) is 2.92. The molecule has 0 aromatic heterocycles. The van der Waals surface area contributed by atoms with Crippen molar-refractivity contribution in [2.75, 3.05) is 13.1 Å². The van der Waals surface area contributed by atoms with Gasteiger partial charge in [-0.1, -0.05) is 29.8 Å². The summed E-state index contributed by atoms with van der Waals surface area (Å²) in [6.07, 6.45) is 0.931. The Hall–Kier alpha value is -1.96. The third kappa shape index (κ3) is 4.06. The van der Waals surface area contributed by atoms with E-state index in [0.717, 1.165) is 6.07 Å². The molecule has 1 aliphatic heterocycles. The summed E-state index contributed by atoms with van der Waals surface area (Å²) in [7, 11) is -3.93.